The maximum atomic E-state index is 11.8. The van der Waals surface area contributed by atoms with Crippen LogP contribution in [0.5, 0.6) is 0 Å². The Hall–Kier alpha value is -1.09. The molecule has 1 N–H and O–H groups in total. The van der Waals surface area contributed by atoms with Crippen molar-refractivity contribution in [1.29, 1.82) is 0 Å². The number of pyridine rings is 1. The molecule has 0 aliphatic carbocycles. The van der Waals surface area contributed by atoms with Gasteiger partial charge in [-0.15, -0.1) is 0 Å². The van der Waals surface area contributed by atoms with Crippen LogP contribution >= 0.6 is 0 Å². The fraction of sp³-hybridized carbons (Fsp3) is 0.643. The molecule has 0 aliphatic rings. The minimum absolute atomic E-state index is 0.0916. The third-order valence-corrected chi connectivity index (χ3v) is 3.11. The van der Waals surface area contributed by atoms with E-state index >= 15 is 0 Å². The van der Waals surface area contributed by atoms with Gasteiger partial charge in [0.1, 0.15) is 0 Å². The van der Waals surface area contributed by atoms with E-state index < -0.39 is 0 Å². The van der Waals surface area contributed by atoms with E-state index in [4.69, 9.17) is 0 Å². The number of nitrogens with one attached hydrogen (secondary N) is 1. The van der Waals surface area contributed by atoms with Crippen molar-refractivity contribution in [2.45, 2.75) is 46.7 Å². The van der Waals surface area contributed by atoms with E-state index in [1.54, 1.807) is 6.07 Å². The van der Waals surface area contributed by atoms with Crippen molar-refractivity contribution in [3.05, 3.63) is 34.2 Å². The van der Waals surface area contributed by atoms with Crippen LogP contribution in [0.2, 0.25) is 0 Å². The van der Waals surface area contributed by atoms with Crippen LogP contribution in [0.25, 0.3) is 0 Å². The summed E-state index contributed by atoms with van der Waals surface area (Å²) in [5.74, 6) is 0.521. The first kappa shape index (κ1) is 14.0. The second kappa shape index (κ2) is 6.60. The highest BCUT2D eigenvalue weighted by atomic mass is 16.1. The third-order valence-electron chi connectivity index (χ3n) is 3.11. The van der Waals surface area contributed by atoms with Crippen molar-refractivity contribution in [2.75, 3.05) is 6.54 Å². The molecule has 0 radical (unpaired) electrons. The monoisotopic (exact) mass is 236 g/mol. The van der Waals surface area contributed by atoms with Gasteiger partial charge in [-0.1, -0.05) is 26.8 Å². The van der Waals surface area contributed by atoms with Crippen molar-refractivity contribution in [1.82, 2.24) is 9.88 Å². The minimum atomic E-state index is 0.0916. The van der Waals surface area contributed by atoms with E-state index in [0.29, 0.717) is 12.0 Å². The zero-order valence-corrected chi connectivity index (χ0v) is 11.4. The van der Waals surface area contributed by atoms with Crippen LogP contribution < -0.4 is 10.9 Å². The van der Waals surface area contributed by atoms with Gasteiger partial charge < -0.3 is 9.88 Å². The average molecular weight is 236 g/mol. The highest BCUT2D eigenvalue weighted by Crippen LogP contribution is 2.05. The standard InChI is InChI=1S/C14H24N2O/c1-5-9-15-13(11(2)3)10-16-12(4)7-6-8-14(16)17/h6-8,11,13,15H,5,9-10H2,1-4H3. The van der Waals surface area contributed by atoms with Crippen molar-refractivity contribution in [3.8, 4) is 0 Å². The molecule has 3 heteroatoms. The van der Waals surface area contributed by atoms with Gasteiger partial charge in [0.25, 0.3) is 5.56 Å². The summed E-state index contributed by atoms with van der Waals surface area (Å²) >= 11 is 0. The second-order valence-electron chi connectivity index (χ2n) is 4.92. The highest BCUT2D eigenvalue weighted by Gasteiger charge is 2.14. The summed E-state index contributed by atoms with van der Waals surface area (Å²) in [6, 6.07) is 5.79. The summed E-state index contributed by atoms with van der Waals surface area (Å²) in [5.41, 5.74) is 1.12. The lowest BCUT2D eigenvalue weighted by Gasteiger charge is -2.24. The predicted molar refractivity (Wildman–Crippen MR) is 72.4 cm³/mol. The van der Waals surface area contributed by atoms with Gasteiger partial charge in [-0.2, -0.15) is 0 Å². The van der Waals surface area contributed by atoms with Crippen molar-refractivity contribution < 1.29 is 0 Å². The van der Waals surface area contributed by atoms with Crippen LogP contribution in [0, 0.1) is 12.8 Å². The quantitative estimate of drug-likeness (QED) is 0.821. The van der Waals surface area contributed by atoms with Crippen LogP contribution in [-0.4, -0.2) is 17.2 Å². The zero-order chi connectivity index (χ0) is 12.8. The first-order valence-electron chi connectivity index (χ1n) is 6.46. The molecule has 0 bridgehead atoms. The highest BCUT2D eigenvalue weighted by molar-refractivity contribution is 5.04. The smallest absolute Gasteiger partial charge is 0.250 e. The van der Waals surface area contributed by atoms with Gasteiger partial charge in [0, 0.05) is 24.3 Å². The van der Waals surface area contributed by atoms with E-state index in [1.807, 2.05) is 23.6 Å². The largest absolute Gasteiger partial charge is 0.312 e. The Morgan fingerprint density at radius 1 is 1.35 bits per heavy atom. The van der Waals surface area contributed by atoms with Crippen molar-refractivity contribution in [2.24, 2.45) is 5.92 Å². The molecule has 1 aromatic heterocycles. The van der Waals surface area contributed by atoms with Gasteiger partial charge in [-0.05, 0) is 31.9 Å². The fourth-order valence-corrected chi connectivity index (χ4v) is 1.89. The average Bonchev–Trinajstić information content (AvgIpc) is 2.27. The molecule has 0 saturated carbocycles. The van der Waals surface area contributed by atoms with E-state index in [-0.39, 0.29) is 5.56 Å². The summed E-state index contributed by atoms with van der Waals surface area (Å²) in [5, 5.41) is 3.51. The molecule has 1 heterocycles. The Bertz CT molecular complexity index is 395. The Balaban J connectivity index is 2.82. The van der Waals surface area contributed by atoms with E-state index in [1.165, 1.54) is 0 Å². The molecule has 1 atom stereocenters. The SMILES string of the molecule is CCCNC(Cn1c(C)cccc1=O)C(C)C. The molecule has 0 amide bonds. The zero-order valence-electron chi connectivity index (χ0n) is 11.4. The summed E-state index contributed by atoms with van der Waals surface area (Å²) in [4.78, 5) is 11.8. The molecule has 0 aliphatic heterocycles. The molecular weight excluding hydrogens is 212 g/mol. The Morgan fingerprint density at radius 3 is 2.59 bits per heavy atom. The van der Waals surface area contributed by atoms with Gasteiger partial charge in [0.05, 0.1) is 0 Å². The number of hydrogen-bond donors (Lipinski definition) is 1. The van der Waals surface area contributed by atoms with E-state index in [2.05, 4.69) is 26.1 Å². The molecule has 3 nitrogen and oxygen atoms in total. The van der Waals surface area contributed by atoms with Gasteiger partial charge in [-0.25, -0.2) is 0 Å². The topological polar surface area (TPSA) is 34.0 Å². The Labute approximate surface area is 104 Å². The first-order chi connectivity index (χ1) is 8.06. The molecule has 1 unspecified atom stereocenters. The number of aromatic nitrogens is 1. The third kappa shape index (κ3) is 4.00. The lowest BCUT2D eigenvalue weighted by Crippen LogP contribution is -2.41. The fourth-order valence-electron chi connectivity index (χ4n) is 1.89. The van der Waals surface area contributed by atoms with Crippen molar-refractivity contribution >= 4 is 0 Å². The Kier molecular flexibility index (Phi) is 5.42. The number of rotatable bonds is 6. The van der Waals surface area contributed by atoms with Crippen molar-refractivity contribution in [3.63, 3.8) is 0 Å². The van der Waals surface area contributed by atoms with Crippen LogP contribution in [0.1, 0.15) is 32.9 Å². The van der Waals surface area contributed by atoms with E-state index in [0.717, 1.165) is 25.2 Å². The van der Waals surface area contributed by atoms with Gasteiger partial charge in [0.2, 0.25) is 0 Å². The molecular formula is C14H24N2O. The maximum Gasteiger partial charge on any atom is 0.250 e. The van der Waals surface area contributed by atoms with Crippen LogP contribution in [-0.2, 0) is 6.54 Å². The van der Waals surface area contributed by atoms with Gasteiger partial charge in [-0.3, -0.25) is 4.79 Å². The van der Waals surface area contributed by atoms with Crippen LogP contribution in [0.3, 0.4) is 0 Å². The number of nitrogens with zero attached hydrogens (tertiary/aromatic N) is 1. The minimum Gasteiger partial charge on any atom is -0.312 e. The van der Waals surface area contributed by atoms with E-state index in [9.17, 15) is 4.79 Å². The van der Waals surface area contributed by atoms with Gasteiger partial charge in [0.15, 0.2) is 0 Å². The molecule has 0 saturated heterocycles. The molecule has 17 heavy (non-hydrogen) atoms. The number of hydrogen-bond acceptors (Lipinski definition) is 2. The second-order valence-corrected chi connectivity index (χ2v) is 4.92. The number of aryl methyl sites for hydroxylation is 1. The first-order valence-corrected chi connectivity index (χ1v) is 6.46. The molecule has 0 aromatic carbocycles. The molecule has 1 aromatic rings. The lowest BCUT2D eigenvalue weighted by molar-refractivity contribution is 0.350. The molecule has 96 valence electrons. The normalized spacial score (nSPS) is 13.0. The van der Waals surface area contributed by atoms with Crippen LogP contribution in [0.15, 0.2) is 23.0 Å². The lowest BCUT2D eigenvalue weighted by atomic mass is 10.0. The summed E-state index contributed by atoms with van der Waals surface area (Å²) in [6.45, 7) is 10.3. The molecule has 0 spiro atoms. The van der Waals surface area contributed by atoms with Crippen LogP contribution in [0.4, 0.5) is 0 Å². The predicted octanol–water partition coefficient (Wildman–Crippen LogP) is 2.18. The summed E-state index contributed by atoms with van der Waals surface area (Å²) in [6.07, 6.45) is 1.12. The molecule has 1 rings (SSSR count). The Morgan fingerprint density at radius 2 is 2.06 bits per heavy atom. The maximum absolute atomic E-state index is 11.8. The molecule has 0 fully saturated rings. The summed E-state index contributed by atoms with van der Waals surface area (Å²) < 4.78 is 1.85. The van der Waals surface area contributed by atoms with Gasteiger partial charge >= 0.3 is 0 Å². The summed E-state index contributed by atoms with van der Waals surface area (Å²) in [7, 11) is 0.